The molecule has 0 saturated heterocycles. The molecule has 2 heteroatoms. The molecule has 0 radical (unpaired) electrons. The predicted octanol–water partition coefficient (Wildman–Crippen LogP) is 1.31. The highest BCUT2D eigenvalue weighted by Gasteiger charge is 1.87. The van der Waals surface area contributed by atoms with Crippen LogP contribution in [0, 0.1) is 0 Å². The second kappa shape index (κ2) is 9.66. The maximum absolute atomic E-state index is 8.48. The zero-order valence-corrected chi connectivity index (χ0v) is 7.18. The molecule has 0 aliphatic heterocycles. The van der Waals surface area contributed by atoms with Crippen molar-refractivity contribution in [3.8, 4) is 0 Å². The first-order chi connectivity index (χ1) is 5.41. The van der Waals surface area contributed by atoms with Crippen molar-refractivity contribution in [2.45, 2.75) is 25.7 Å². The van der Waals surface area contributed by atoms with E-state index in [1.807, 2.05) is 6.08 Å². The van der Waals surface area contributed by atoms with Gasteiger partial charge < -0.3 is 10.4 Å². The van der Waals surface area contributed by atoms with Crippen LogP contribution in [0.1, 0.15) is 25.7 Å². The number of hydrogen-bond acceptors (Lipinski definition) is 2. The van der Waals surface area contributed by atoms with E-state index in [0.717, 1.165) is 25.9 Å². The summed E-state index contributed by atoms with van der Waals surface area (Å²) in [5.74, 6) is 0. The lowest BCUT2D eigenvalue weighted by molar-refractivity contribution is 0.282. The SMILES string of the molecule is C=CCNCCCCCCO. The fourth-order valence-electron chi connectivity index (χ4n) is 0.919. The summed E-state index contributed by atoms with van der Waals surface area (Å²) < 4.78 is 0. The highest BCUT2D eigenvalue weighted by molar-refractivity contribution is 4.69. The Kier molecular flexibility index (Phi) is 9.36. The van der Waals surface area contributed by atoms with Crippen molar-refractivity contribution < 1.29 is 5.11 Å². The van der Waals surface area contributed by atoms with Crippen LogP contribution >= 0.6 is 0 Å². The van der Waals surface area contributed by atoms with E-state index in [4.69, 9.17) is 5.11 Å². The lowest BCUT2D eigenvalue weighted by Crippen LogP contribution is -2.14. The molecule has 0 aliphatic rings. The van der Waals surface area contributed by atoms with Crippen molar-refractivity contribution in [2.75, 3.05) is 19.7 Å². The number of aliphatic hydroxyl groups is 1. The van der Waals surface area contributed by atoms with Crippen LogP contribution in [0.15, 0.2) is 12.7 Å². The summed E-state index contributed by atoms with van der Waals surface area (Å²) in [4.78, 5) is 0. The fourth-order valence-corrected chi connectivity index (χ4v) is 0.919. The number of aliphatic hydroxyl groups excluding tert-OH is 1. The second-order valence-electron chi connectivity index (χ2n) is 2.63. The van der Waals surface area contributed by atoms with Gasteiger partial charge in [-0.3, -0.25) is 0 Å². The average Bonchev–Trinajstić information content (AvgIpc) is 2.03. The van der Waals surface area contributed by atoms with Crippen molar-refractivity contribution in [3.63, 3.8) is 0 Å². The van der Waals surface area contributed by atoms with Gasteiger partial charge in [-0.25, -0.2) is 0 Å². The fraction of sp³-hybridized carbons (Fsp3) is 0.778. The van der Waals surface area contributed by atoms with Crippen LogP contribution in [0.3, 0.4) is 0 Å². The Balaban J connectivity index is 2.74. The molecule has 0 spiro atoms. The van der Waals surface area contributed by atoms with Gasteiger partial charge in [0.25, 0.3) is 0 Å². The average molecular weight is 157 g/mol. The van der Waals surface area contributed by atoms with Crippen LogP contribution in [-0.4, -0.2) is 24.8 Å². The third kappa shape index (κ3) is 9.66. The number of rotatable bonds is 8. The summed E-state index contributed by atoms with van der Waals surface area (Å²) in [5, 5.41) is 11.7. The van der Waals surface area contributed by atoms with Gasteiger partial charge in [0.15, 0.2) is 0 Å². The highest BCUT2D eigenvalue weighted by atomic mass is 16.2. The van der Waals surface area contributed by atoms with Crippen LogP contribution in [0.5, 0.6) is 0 Å². The molecule has 0 aliphatic carbocycles. The summed E-state index contributed by atoms with van der Waals surface area (Å²) in [6.45, 7) is 5.92. The Morgan fingerprint density at radius 2 is 1.91 bits per heavy atom. The quantitative estimate of drug-likeness (QED) is 0.411. The van der Waals surface area contributed by atoms with E-state index in [2.05, 4.69) is 11.9 Å². The van der Waals surface area contributed by atoms with Gasteiger partial charge >= 0.3 is 0 Å². The van der Waals surface area contributed by atoms with Crippen molar-refractivity contribution >= 4 is 0 Å². The highest BCUT2D eigenvalue weighted by Crippen LogP contribution is 1.96. The normalized spacial score (nSPS) is 9.91. The molecule has 0 heterocycles. The summed E-state index contributed by atoms with van der Waals surface area (Å²) in [7, 11) is 0. The minimum Gasteiger partial charge on any atom is -0.396 e. The molecule has 0 fully saturated rings. The molecule has 0 aromatic rings. The van der Waals surface area contributed by atoms with Crippen molar-refractivity contribution in [2.24, 2.45) is 0 Å². The number of hydrogen-bond donors (Lipinski definition) is 2. The molecule has 0 saturated carbocycles. The molecule has 0 aromatic heterocycles. The van der Waals surface area contributed by atoms with E-state index in [1.54, 1.807) is 0 Å². The molecular weight excluding hydrogens is 138 g/mol. The van der Waals surface area contributed by atoms with Gasteiger partial charge in [-0.15, -0.1) is 6.58 Å². The van der Waals surface area contributed by atoms with Crippen LogP contribution in [-0.2, 0) is 0 Å². The van der Waals surface area contributed by atoms with E-state index in [0.29, 0.717) is 6.61 Å². The maximum atomic E-state index is 8.48. The standard InChI is InChI=1S/C9H19NO/c1-2-7-10-8-5-3-4-6-9-11/h2,10-11H,1,3-9H2. The largest absolute Gasteiger partial charge is 0.396 e. The lowest BCUT2D eigenvalue weighted by Gasteiger charge is -2.00. The molecule has 2 nitrogen and oxygen atoms in total. The Hall–Kier alpha value is -0.340. The number of unbranched alkanes of at least 4 members (excludes halogenated alkanes) is 3. The smallest absolute Gasteiger partial charge is 0.0431 e. The summed E-state index contributed by atoms with van der Waals surface area (Å²) in [6, 6.07) is 0. The molecule has 0 amide bonds. The molecule has 0 aromatic carbocycles. The van der Waals surface area contributed by atoms with Gasteiger partial charge in [0.2, 0.25) is 0 Å². The van der Waals surface area contributed by atoms with Gasteiger partial charge in [-0.1, -0.05) is 18.9 Å². The van der Waals surface area contributed by atoms with Gasteiger partial charge in [-0.2, -0.15) is 0 Å². The van der Waals surface area contributed by atoms with Crippen LogP contribution in [0.4, 0.5) is 0 Å². The van der Waals surface area contributed by atoms with Crippen LogP contribution in [0.2, 0.25) is 0 Å². The Morgan fingerprint density at radius 1 is 1.18 bits per heavy atom. The van der Waals surface area contributed by atoms with Crippen LogP contribution in [0.25, 0.3) is 0 Å². The molecule has 2 N–H and O–H groups in total. The molecule has 11 heavy (non-hydrogen) atoms. The third-order valence-electron chi connectivity index (χ3n) is 1.55. The Labute approximate surface area is 69.3 Å². The molecule has 0 bridgehead atoms. The summed E-state index contributed by atoms with van der Waals surface area (Å²) in [5.41, 5.74) is 0. The van der Waals surface area contributed by atoms with Crippen molar-refractivity contribution in [3.05, 3.63) is 12.7 Å². The maximum Gasteiger partial charge on any atom is 0.0431 e. The lowest BCUT2D eigenvalue weighted by atomic mass is 10.2. The van der Waals surface area contributed by atoms with E-state index in [-0.39, 0.29) is 0 Å². The molecular formula is C9H19NO. The topological polar surface area (TPSA) is 32.3 Å². The van der Waals surface area contributed by atoms with E-state index >= 15 is 0 Å². The minimum absolute atomic E-state index is 0.333. The summed E-state index contributed by atoms with van der Waals surface area (Å²) >= 11 is 0. The second-order valence-corrected chi connectivity index (χ2v) is 2.63. The Morgan fingerprint density at radius 3 is 2.55 bits per heavy atom. The predicted molar refractivity (Wildman–Crippen MR) is 48.6 cm³/mol. The van der Waals surface area contributed by atoms with Gasteiger partial charge in [0.1, 0.15) is 0 Å². The summed E-state index contributed by atoms with van der Waals surface area (Å²) in [6.07, 6.45) is 6.37. The molecule has 66 valence electrons. The van der Waals surface area contributed by atoms with Crippen LogP contribution < -0.4 is 5.32 Å². The number of nitrogens with one attached hydrogen (secondary N) is 1. The monoisotopic (exact) mass is 157 g/mol. The molecule has 0 atom stereocenters. The minimum atomic E-state index is 0.333. The zero-order valence-electron chi connectivity index (χ0n) is 7.18. The zero-order chi connectivity index (χ0) is 8.36. The van der Waals surface area contributed by atoms with Crippen molar-refractivity contribution in [1.82, 2.24) is 5.32 Å². The van der Waals surface area contributed by atoms with Crippen molar-refractivity contribution in [1.29, 1.82) is 0 Å². The van der Waals surface area contributed by atoms with Gasteiger partial charge in [-0.05, 0) is 19.4 Å². The molecule has 0 unspecified atom stereocenters. The molecule has 0 rings (SSSR count). The van der Waals surface area contributed by atoms with Gasteiger partial charge in [0.05, 0.1) is 0 Å². The first-order valence-corrected chi connectivity index (χ1v) is 4.34. The van der Waals surface area contributed by atoms with Gasteiger partial charge in [0, 0.05) is 13.2 Å². The Bertz CT molecular complexity index is 83.6. The third-order valence-corrected chi connectivity index (χ3v) is 1.55. The van der Waals surface area contributed by atoms with E-state index < -0.39 is 0 Å². The first kappa shape index (κ1) is 10.7. The van der Waals surface area contributed by atoms with E-state index in [1.165, 1.54) is 12.8 Å². The van der Waals surface area contributed by atoms with E-state index in [9.17, 15) is 0 Å². The first-order valence-electron chi connectivity index (χ1n) is 4.34.